The minimum Gasteiger partial charge on any atom is -0.488 e. The molecule has 1 aliphatic heterocycles. The molecule has 0 radical (unpaired) electrons. The molecule has 7 nitrogen and oxygen atoms in total. The average molecular weight is 567 g/mol. The summed E-state index contributed by atoms with van der Waals surface area (Å²) >= 11 is 0. The third kappa shape index (κ3) is 9.00. The van der Waals surface area contributed by atoms with Crippen LogP contribution >= 0.6 is 24.0 Å². The molecular formula is C25H39IN6O. The highest BCUT2D eigenvalue weighted by Gasteiger charge is 2.16. The maximum atomic E-state index is 6.11. The zero-order valence-corrected chi connectivity index (χ0v) is 22.9. The highest BCUT2D eigenvalue weighted by Crippen LogP contribution is 2.22. The summed E-state index contributed by atoms with van der Waals surface area (Å²) in [6, 6.07) is 12.4. The van der Waals surface area contributed by atoms with Crippen molar-refractivity contribution in [2.75, 3.05) is 44.7 Å². The number of nitrogens with one attached hydrogen (secondary N) is 2. The van der Waals surface area contributed by atoms with E-state index in [0.717, 1.165) is 61.4 Å². The summed E-state index contributed by atoms with van der Waals surface area (Å²) in [6.07, 6.45) is 1.94. The topological polar surface area (TPSA) is 65.0 Å². The standard InChI is InChI=1S/C25H38N6O.HI/c1-6-26-24(29-19-21-9-7-8-10-22(21)32-25(2,3)4)28-18-20-11-12-23(27-17-20)31-15-13-30(5)14-16-31;/h7-12,17H,6,13-16,18-19H2,1-5H3,(H2,26,28,29);1H. The Kier molecular flexibility index (Phi) is 10.7. The molecule has 0 unspecified atom stereocenters. The normalized spacial score (nSPS) is 15.1. The summed E-state index contributed by atoms with van der Waals surface area (Å²) in [7, 11) is 2.16. The molecule has 33 heavy (non-hydrogen) atoms. The van der Waals surface area contributed by atoms with Gasteiger partial charge < -0.3 is 25.2 Å². The molecule has 0 bridgehead atoms. The predicted octanol–water partition coefficient (Wildman–Crippen LogP) is 3.88. The maximum Gasteiger partial charge on any atom is 0.191 e. The van der Waals surface area contributed by atoms with Crippen molar-refractivity contribution in [1.29, 1.82) is 0 Å². The molecule has 1 fully saturated rings. The first-order chi connectivity index (χ1) is 15.3. The van der Waals surface area contributed by atoms with Gasteiger partial charge in [-0.3, -0.25) is 0 Å². The smallest absolute Gasteiger partial charge is 0.191 e. The van der Waals surface area contributed by atoms with Crippen LogP contribution in [0.25, 0.3) is 0 Å². The van der Waals surface area contributed by atoms with Gasteiger partial charge in [0.15, 0.2) is 5.96 Å². The lowest BCUT2D eigenvalue weighted by Gasteiger charge is -2.33. The third-order valence-electron chi connectivity index (χ3n) is 5.24. The van der Waals surface area contributed by atoms with E-state index < -0.39 is 0 Å². The van der Waals surface area contributed by atoms with Crippen LogP contribution in [0.4, 0.5) is 5.82 Å². The Morgan fingerprint density at radius 3 is 2.42 bits per heavy atom. The molecule has 3 rings (SSSR count). The Balaban J connectivity index is 0.00000385. The number of hydrogen-bond donors (Lipinski definition) is 2. The molecule has 2 N–H and O–H groups in total. The summed E-state index contributed by atoms with van der Waals surface area (Å²) in [5.41, 5.74) is 1.96. The predicted molar refractivity (Wildman–Crippen MR) is 148 cm³/mol. The molecule has 1 aliphatic rings. The molecular weight excluding hydrogens is 527 g/mol. The fourth-order valence-corrected chi connectivity index (χ4v) is 3.50. The van der Waals surface area contributed by atoms with Crippen LogP contribution in [-0.4, -0.2) is 61.2 Å². The van der Waals surface area contributed by atoms with Crippen molar-refractivity contribution in [2.45, 2.75) is 46.4 Å². The van der Waals surface area contributed by atoms with Gasteiger partial charge in [0.25, 0.3) is 0 Å². The lowest BCUT2D eigenvalue weighted by molar-refractivity contribution is 0.129. The van der Waals surface area contributed by atoms with E-state index in [2.05, 4.69) is 78.4 Å². The van der Waals surface area contributed by atoms with Gasteiger partial charge >= 0.3 is 0 Å². The van der Waals surface area contributed by atoms with Gasteiger partial charge in [0.1, 0.15) is 17.2 Å². The highest BCUT2D eigenvalue weighted by molar-refractivity contribution is 14.0. The van der Waals surface area contributed by atoms with Crippen LogP contribution in [0.1, 0.15) is 38.8 Å². The molecule has 2 aromatic rings. The Labute approximate surface area is 216 Å². The van der Waals surface area contributed by atoms with E-state index >= 15 is 0 Å². The number of aromatic nitrogens is 1. The number of rotatable bonds is 7. The molecule has 182 valence electrons. The van der Waals surface area contributed by atoms with Gasteiger partial charge in [0.05, 0.1) is 6.54 Å². The summed E-state index contributed by atoms with van der Waals surface area (Å²) in [6.45, 7) is 14.5. The Morgan fingerprint density at radius 2 is 1.79 bits per heavy atom. The number of nitrogens with zero attached hydrogens (tertiary/aromatic N) is 4. The molecule has 0 aliphatic carbocycles. The van der Waals surface area contributed by atoms with Crippen molar-refractivity contribution < 1.29 is 4.74 Å². The van der Waals surface area contributed by atoms with E-state index in [1.807, 2.05) is 24.4 Å². The van der Waals surface area contributed by atoms with Crippen molar-refractivity contribution in [2.24, 2.45) is 4.99 Å². The Morgan fingerprint density at radius 1 is 1.06 bits per heavy atom. The van der Waals surface area contributed by atoms with E-state index in [1.165, 1.54) is 0 Å². The molecule has 2 heterocycles. The lowest BCUT2D eigenvalue weighted by Crippen LogP contribution is -2.44. The van der Waals surface area contributed by atoms with Crippen LogP contribution in [0.2, 0.25) is 0 Å². The summed E-state index contributed by atoms with van der Waals surface area (Å²) in [4.78, 5) is 14.1. The second-order valence-corrected chi connectivity index (χ2v) is 9.19. The zero-order valence-electron chi connectivity index (χ0n) is 20.6. The monoisotopic (exact) mass is 566 g/mol. The molecule has 1 aromatic carbocycles. The SMILES string of the molecule is CCNC(=NCc1ccc(N2CCN(C)CC2)nc1)NCc1ccccc1OC(C)(C)C.I. The van der Waals surface area contributed by atoms with Crippen molar-refractivity contribution in [3.05, 3.63) is 53.7 Å². The van der Waals surface area contributed by atoms with Gasteiger partial charge in [0, 0.05) is 51.0 Å². The summed E-state index contributed by atoms with van der Waals surface area (Å²) < 4.78 is 6.11. The third-order valence-corrected chi connectivity index (χ3v) is 5.24. The van der Waals surface area contributed by atoms with E-state index in [4.69, 9.17) is 9.73 Å². The van der Waals surface area contributed by atoms with Crippen LogP contribution in [-0.2, 0) is 13.1 Å². The van der Waals surface area contributed by atoms with Gasteiger partial charge in [-0.05, 0) is 52.4 Å². The Bertz CT molecular complexity index is 873. The number of benzene rings is 1. The molecule has 0 spiro atoms. The zero-order chi connectivity index (χ0) is 23.0. The number of halogens is 1. The lowest BCUT2D eigenvalue weighted by atomic mass is 10.1. The first kappa shape index (κ1) is 27.2. The molecule has 1 aromatic heterocycles. The fourth-order valence-electron chi connectivity index (χ4n) is 3.50. The first-order valence-corrected chi connectivity index (χ1v) is 11.5. The van der Waals surface area contributed by atoms with Gasteiger partial charge in [-0.15, -0.1) is 24.0 Å². The number of likely N-dealkylation sites (N-methyl/N-ethyl adjacent to an activating group) is 1. The van der Waals surface area contributed by atoms with Crippen LogP contribution < -0.4 is 20.3 Å². The van der Waals surface area contributed by atoms with Crippen molar-refractivity contribution in [1.82, 2.24) is 20.5 Å². The number of hydrogen-bond acceptors (Lipinski definition) is 5. The maximum absolute atomic E-state index is 6.11. The molecule has 8 heteroatoms. The highest BCUT2D eigenvalue weighted by atomic mass is 127. The number of piperazine rings is 1. The van der Waals surface area contributed by atoms with Gasteiger partial charge in [-0.1, -0.05) is 24.3 Å². The van der Waals surface area contributed by atoms with E-state index in [1.54, 1.807) is 0 Å². The summed E-state index contributed by atoms with van der Waals surface area (Å²) in [5, 5.41) is 6.75. The van der Waals surface area contributed by atoms with E-state index in [0.29, 0.717) is 13.1 Å². The van der Waals surface area contributed by atoms with Gasteiger partial charge in [-0.25, -0.2) is 9.98 Å². The van der Waals surface area contributed by atoms with E-state index in [-0.39, 0.29) is 29.6 Å². The second-order valence-electron chi connectivity index (χ2n) is 9.19. The Hall–Kier alpha value is -2.07. The molecule has 1 saturated heterocycles. The average Bonchev–Trinajstić information content (AvgIpc) is 2.76. The first-order valence-electron chi connectivity index (χ1n) is 11.5. The van der Waals surface area contributed by atoms with Crippen molar-refractivity contribution in [3.8, 4) is 5.75 Å². The van der Waals surface area contributed by atoms with Crippen LogP contribution in [0.3, 0.4) is 0 Å². The largest absolute Gasteiger partial charge is 0.488 e. The minimum absolute atomic E-state index is 0. The number of anilines is 1. The van der Waals surface area contributed by atoms with Gasteiger partial charge in [0.2, 0.25) is 0 Å². The number of pyridine rings is 1. The quantitative estimate of drug-likeness (QED) is 0.302. The molecule has 0 amide bonds. The number of ether oxygens (including phenoxy) is 1. The van der Waals surface area contributed by atoms with Crippen LogP contribution in [0.15, 0.2) is 47.6 Å². The van der Waals surface area contributed by atoms with Crippen molar-refractivity contribution >= 4 is 35.8 Å². The minimum atomic E-state index is -0.238. The van der Waals surface area contributed by atoms with Crippen molar-refractivity contribution in [3.63, 3.8) is 0 Å². The molecule has 0 atom stereocenters. The van der Waals surface area contributed by atoms with Crippen LogP contribution in [0.5, 0.6) is 5.75 Å². The van der Waals surface area contributed by atoms with E-state index in [9.17, 15) is 0 Å². The number of para-hydroxylation sites is 1. The number of guanidine groups is 1. The van der Waals surface area contributed by atoms with Gasteiger partial charge in [-0.2, -0.15) is 0 Å². The fraction of sp³-hybridized carbons (Fsp3) is 0.520. The summed E-state index contributed by atoms with van der Waals surface area (Å²) in [5.74, 6) is 2.72. The second kappa shape index (κ2) is 13.0. The van der Waals surface area contributed by atoms with Crippen LogP contribution in [0, 0.1) is 0 Å². The number of aliphatic imine (C=N–C) groups is 1. The molecule has 0 saturated carbocycles.